The van der Waals surface area contributed by atoms with Crippen LogP contribution in [0.3, 0.4) is 0 Å². The summed E-state index contributed by atoms with van der Waals surface area (Å²) in [6, 6.07) is 0. The van der Waals surface area contributed by atoms with Gasteiger partial charge in [-0.05, 0) is 19.3 Å². The molecule has 2 nitrogen and oxygen atoms in total. The van der Waals surface area contributed by atoms with E-state index in [1.54, 1.807) is 0 Å². The average molecular weight is 172 g/mol. The Morgan fingerprint density at radius 2 is 2.00 bits per heavy atom. The maximum atomic E-state index is 11.1. The van der Waals surface area contributed by atoms with E-state index in [1.165, 1.54) is 0 Å². The summed E-state index contributed by atoms with van der Waals surface area (Å²) < 4.78 is 0. The zero-order valence-corrected chi connectivity index (χ0v) is 8.34. The molecular formula is C10H20O2. The van der Waals surface area contributed by atoms with Crippen molar-refractivity contribution in [3.8, 4) is 0 Å². The van der Waals surface area contributed by atoms with Gasteiger partial charge in [0.25, 0.3) is 0 Å². The predicted molar refractivity (Wildman–Crippen MR) is 50.0 cm³/mol. The Morgan fingerprint density at radius 3 is 2.42 bits per heavy atom. The molecule has 0 aromatic rings. The Balaban J connectivity index is 3.37. The molecule has 0 heterocycles. The molecule has 0 aliphatic rings. The molecule has 2 heteroatoms. The minimum absolute atomic E-state index is 0.142. The highest BCUT2D eigenvalue weighted by Gasteiger charge is 2.07. The lowest BCUT2D eigenvalue weighted by Crippen LogP contribution is -2.09. The highest BCUT2D eigenvalue weighted by molar-refractivity contribution is 5.80. The van der Waals surface area contributed by atoms with E-state index in [2.05, 4.69) is 0 Å². The van der Waals surface area contributed by atoms with Crippen LogP contribution in [0.4, 0.5) is 0 Å². The zero-order chi connectivity index (χ0) is 9.56. The molecule has 0 saturated carbocycles. The van der Waals surface area contributed by atoms with Crippen LogP contribution in [0.2, 0.25) is 0 Å². The van der Waals surface area contributed by atoms with Crippen LogP contribution in [-0.4, -0.2) is 17.0 Å². The van der Waals surface area contributed by atoms with Gasteiger partial charge < -0.3 is 5.11 Å². The summed E-state index contributed by atoms with van der Waals surface area (Å²) in [5.41, 5.74) is 0. The molecule has 0 radical (unpaired) electrons. The lowest BCUT2D eigenvalue weighted by atomic mass is 10.0. The van der Waals surface area contributed by atoms with Crippen LogP contribution in [0, 0.1) is 5.92 Å². The number of carbonyl (C=O) groups excluding carboxylic acids is 1. The van der Waals surface area contributed by atoms with Gasteiger partial charge in [-0.25, -0.2) is 0 Å². The van der Waals surface area contributed by atoms with E-state index >= 15 is 0 Å². The maximum Gasteiger partial charge on any atom is 0.135 e. The van der Waals surface area contributed by atoms with E-state index < -0.39 is 0 Å². The van der Waals surface area contributed by atoms with Gasteiger partial charge in [-0.2, -0.15) is 0 Å². The second kappa shape index (κ2) is 6.18. The Kier molecular flexibility index (Phi) is 5.99. The summed E-state index contributed by atoms with van der Waals surface area (Å²) >= 11 is 0. The molecule has 0 aromatic carbocycles. The standard InChI is InChI=1S/C10H20O2/c1-4-9(11)6-5-7-10(12)8(2)3/h8-9,11H,4-7H2,1-3H3/t9-/m1/s1. The minimum Gasteiger partial charge on any atom is -0.393 e. The summed E-state index contributed by atoms with van der Waals surface area (Å²) in [6.07, 6.45) is 2.77. The summed E-state index contributed by atoms with van der Waals surface area (Å²) in [6.45, 7) is 5.78. The Morgan fingerprint density at radius 1 is 1.42 bits per heavy atom. The van der Waals surface area contributed by atoms with Gasteiger partial charge in [0.05, 0.1) is 6.10 Å². The van der Waals surface area contributed by atoms with Crippen molar-refractivity contribution in [2.24, 2.45) is 5.92 Å². The number of carbonyl (C=O) groups is 1. The van der Waals surface area contributed by atoms with Crippen LogP contribution in [0.1, 0.15) is 46.5 Å². The van der Waals surface area contributed by atoms with Crippen molar-refractivity contribution in [3.05, 3.63) is 0 Å². The second-order valence-corrected chi connectivity index (χ2v) is 3.58. The summed E-state index contributed by atoms with van der Waals surface area (Å²) in [5, 5.41) is 9.20. The fraction of sp³-hybridized carbons (Fsp3) is 0.900. The van der Waals surface area contributed by atoms with Crippen molar-refractivity contribution in [1.82, 2.24) is 0 Å². The molecule has 0 aliphatic carbocycles. The first-order valence-corrected chi connectivity index (χ1v) is 4.78. The third kappa shape index (κ3) is 5.30. The normalized spacial score (nSPS) is 13.4. The average Bonchev–Trinajstić information content (AvgIpc) is 2.03. The van der Waals surface area contributed by atoms with E-state index in [4.69, 9.17) is 0 Å². The highest BCUT2D eigenvalue weighted by atomic mass is 16.3. The Labute approximate surface area is 75.0 Å². The maximum absolute atomic E-state index is 11.1. The van der Waals surface area contributed by atoms with Gasteiger partial charge in [0.15, 0.2) is 0 Å². The molecule has 0 amide bonds. The van der Waals surface area contributed by atoms with Crippen molar-refractivity contribution in [3.63, 3.8) is 0 Å². The number of aliphatic hydroxyl groups excluding tert-OH is 1. The summed E-state index contributed by atoms with van der Waals surface area (Å²) in [7, 11) is 0. The van der Waals surface area contributed by atoms with Gasteiger partial charge in [0.1, 0.15) is 5.78 Å². The number of aliphatic hydroxyl groups is 1. The van der Waals surface area contributed by atoms with Crippen molar-refractivity contribution in [2.75, 3.05) is 0 Å². The molecule has 0 spiro atoms. The molecule has 0 bridgehead atoms. The zero-order valence-electron chi connectivity index (χ0n) is 8.34. The number of rotatable bonds is 6. The molecule has 0 saturated heterocycles. The molecule has 0 rings (SSSR count). The van der Waals surface area contributed by atoms with Gasteiger partial charge in [0, 0.05) is 12.3 Å². The van der Waals surface area contributed by atoms with E-state index in [-0.39, 0.29) is 12.0 Å². The highest BCUT2D eigenvalue weighted by Crippen LogP contribution is 2.07. The summed E-state index contributed by atoms with van der Waals surface area (Å²) in [4.78, 5) is 11.1. The molecule has 12 heavy (non-hydrogen) atoms. The molecule has 0 fully saturated rings. The van der Waals surface area contributed by atoms with Gasteiger partial charge in [-0.3, -0.25) is 4.79 Å². The SMILES string of the molecule is CC[C@@H](O)CCCC(=O)C(C)C. The largest absolute Gasteiger partial charge is 0.393 e. The smallest absolute Gasteiger partial charge is 0.135 e. The fourth-order valence-corrected chi connectivity index (χ4v) is 1.00. The lowest BCUT2D eigenvalue weighted by molar-refractivity contribution is -0.122. The second-order valence-electron chi connectivity index (χ2n) is 3.58. The molecule has 1 atom stereocenters. The van der Waals surface area contributed by atoms with Crippen LogP contribution in [0.5, 0.6) is 0 Å². The third-order valence-corrected chi connectivity index (χ3v) is 2.08. The minimum atomic E-state index is -0.218. The predicted octanol–water partition coefficient (Wildman–Crippen LogP) is 2.15. The number of hydrogen-bond donors (Lipinski definition) is 1. The van der Waals surface area contributed by atoms with Gasteiger partial charge in [-0.1, -0.05) is 20.8 Å². The van der Waals surface area contributed by atoms with E-state index in [0.29, 0.717) is 12.2 Å². The first kappa shape index (κ1) is 11.6. The first-order chi connectivity index (χ1) is 5.57. The monoisotopic (exact) mass is 172 g/mol. The van der Waals surface area contributed by atoms with Crippen LogP contribution in [0.15, 0.2) is 0 Å². The molecular weight excluding hydrogens is 152 g/mol. The van der Waals surface area contributed by atoms with E-state index in [1.807, 2.05) is 20.8 Å². The number of Topliss-reactive ketones (excluding diaryl/α,β-unsaturated/α-hetero) is 1. The van der Waals surface area contributed by atoms with Crippen molar-refractivity contribution < 1.29 is 9.90 Å². The third-order valence-electron chi connectivity index (χ3n) is 2.08. The van der Waals surface area contributed by atoms with E-state index in [0.717, 1.165) is 19.3 Å². The fourth-order valence-electron chi connectivity index (χ4n) is 1.00. The van der Waals surface area contributed by atoms with Crippen LogP contribution >= 0.6 is 0 Å². The molecule has 0 aromatic heterocycles. The molecule has 0 aliphatic heterocycles. The van der Waals surface area contributed by atoms with Gasteiger partial charge in [0.2, 0.25) is 0 Å². The molecule has 72 valence electrons. The van der Waals surface area contributed by atoms with E-state index in [9.17, 15) is 9.90 Å². The quantitative estimate of drug-likeness (QED) is 0.666. The Bertz CT molecular complexity index is 130. The number of ketones is 1. The van der Waals surface area contributed by atoms with Crippen molar-refractivity contribution in [1.29, 1.82) is 0 Å². The van der Waals surface area contributed by atoms with Crippen LogP contribution in [-0.2, 0) is 4.79 Å². The van der Waals surface area contributed by atoms with Crippen LogP contribution in [0.25, 0.3) is 0 Å². The lowest BCUT2D eigenvalue weighted by Gasteiger charge is -2.07. The molecule has 1 N–H and O–H groups in total. The Hall–Kier alpha value is -0.370. The topological polar surface area (TPSA) is 37.3 Å². The van der Waals surface area contributed by atoms with Gasteiger partial charge in [-0.15, -0.1) is 0 Å². The van der Waals surface area contributed by atoms with Gasteiger partial charge >= 0.3 is 0 Å². The molecule has 0 unspecified atom stereocenters. The first-order valence-electron chi connectivity index (χ1n) is 4.78. The van der Waals surface area contributed by atoms with Crippen molar-refractivity contribution >= 4 is 5.78 Å². The number of hydrogen-bond acceptors (Lipinski definition) is 2. The van der Waals surface area contributed by atoms with Crippen molar-refractivity contribution in [2.45, 2.75) is 52.6 Å². The summed E-state index contributed by atoms with van der Waals surface area (Å²) in [5.74, 6) is 0.446. The van der Waals surface area contributed by atoms with Crippen LogP contribution < -0.4 is 0 Å².